The lowest BCUT2D eigenvalue weighted by Crippen LogP contribution is -2.35. The summed E-state index contributed by atoms with van der Waals surface area (Å²) in [6.45, 7) is -0.122. The van der Waals surface area contributed by atoms with E-state index in [1.807, 2.05) is 0 Å². The third kappa shape index (κ3) is 5.73. The number of nitrogens with zero attached hydrogens (tertiary/aromatic N) is 1. The van der Waals surface area contributed by atoms with Gasteiger partial charge in [-0.25, -0.2) is 8.78 Å². The number of ether oxygens (including phenoxy) is 1. The molecule has 0 aliphatic carbocycles. The predicted octanol–water partition coefficient (Wildman–Crippen LogP) is 3.16. The van der Waals surface area contributed by atoms with Gasteiger partial charge in [0.25, 0.3) is 0 Å². The molecule has 26 heavy (non-hydrogen) atoms. The van der Waals surface area contributed by atoms with E-state index in [2.05, 4.69) is 5.32 Å². The number of thioether (sulfide) groups is 1. The number of carbonyl (C=O) groups is 2. The molecule has 0 heterocycles. The van der Waals surface area contributed by atoms with Gasteiger partial charge >= 0.3 is 0 Å². The smallest absolute Gasteiger partial charge is 0.243 e. The zero-order valence-corrected chi connectivity index (χ0v) is 15.1. The number of amides is 2. The molecule has 0 unspecified atom stereocenters. The van der Waals surface area contributed by atoms with Gasteiger partial charge in [-0.2, -0.15) is 0 Å². The fourth-order valence-electron chi connectivity index (χ4n) is 2.00. The van der Waals surface area contributed by atoms with Gasteiger partial charge in [0.1, 0.15) is 5.75 Å². The lowest BCUT2D eigenvalue weighted by atomic mass is 10.3. The van der Waals surface area contributed by atoms with Gasteiger partial charge in [-0.05, 0) is 42.5 Å². The summed E-state index contributed by atoms with van der Waals surface area (Å²) >= 11 is 1.07. The summed E-state index contributed by atoms with van der Waals surface area (Å²) in [5.41, 5.74) is 0.591. The van der Waals surface area contributed by atoms with Crippen LogP contribution in [0.15, 0.2) is 47.4 Å². The minimum atomic E-state index is -0.963. The van der Waals surface area contributed by atoms with E-state index in [1.54, 1.807) is 31.4 Å². The first-order chi connectivity index (χ1) is 12.4. The van der Waals surface area contributed by atoms with Crippen molar-refractivity contribution < 1.29 is 23.1 Å². The summed E-state index contributed by atoms with van der Waals surface area (Å²) in [6, 6.07) is 10.2. The Morgan fingerprint density at radius 2 is 1.81 bits per heavy atom. The lowest BCUT2D eigenvalue weighted by molar-refractivity contribution is -0.131. The normalized spacial score (nSPS) is 10.3. The van der Waals surface area contributed by atoms with Crippen molar-refractivity contribution >= 4 is 29.3 Å². The molecule has 0 radical (unpaired) electrons. The van der Waals surface area contributed by atoms with Crippen molar-refractivity contribution in [2.24, 2.45) is 0 Å². The highest BCUT2D eigenvalue weighted by molar-refractivity contribution is 8.00. The highest BCUT2D eigenvalue weighted by Crippen LogP contribution is 2.20. The van der Waals surface area contributed by atoms with Crippen molar-refractivity contribution in [1.82, 2.24) is 4.90 Å². The van der Waals surface area contributed by atoms with Crippen molar-refractivity contribution in [1.29, 1.82) is 0 Å². The molecule has 2 rings (SSSR count). The van der Waals surface area contributed by atoms with E-state index in [0.29, 0.717) is 16.3 Å². The van der Waals surface area contributed by atoms with Crippen LogP contribution in [-0.2, 0) is 9.59 Å². The van der Waals surface area contributed by atoms with E-state index in [0.717, 1.165) is 23.9 Å². The van der Waals surface area contributed by atoms with Gasteiger partial charge in [0.15, 0.2) is 11.6 Å². The Hall–Kier alpha value is -2.61. The first kappa shape index (κ1) is 19.7. The highest BCUT2D eigenvalue weighted by Gasteiger charge is 2.14. The molecule has 5 nitrogen and oxygen atoms in total. The molecule has 8 heteroatoms. The molecule has 0 aliphatic rings. The maximum absolute atomic E-state index is 13.1. The summed E-state index contributed by atoms with van der Waals surface area (Å²) in [7, 11) is 3.05. The molecule has 0 bridgehead atoms. The second-order valence-electron chi connectivity index (χ2n) is 5.39. The van der Waals surface area contributed by atoms with Gasteiger partial charge in [0.05, 0.1) is 19.4 Å². The zero-order valence-electron chi connectivity index (χ0n) is 14.3. The molecular weight excluding hydrogens is 362 g/mol. The average molecular weight is 380 g/mol. The van der Waals surface area contributed by atoms with Gasteiger partial charge in [0, 0.05) is 17.6 Å². The molecule has 2 aromatic carbocycles. The van der Waals surface area contributed by atoms with Crippen LogP contribution < -0.4 is 10.1 Å². The number of rotatable bonds is 7. The number of hydrogen-bond acceptors (Lipinski definition) is 4. The molecule has 0 fully saturated rings. The minimum Gasteiger partial charge on any atom is -0.497 e. The number of hydrogen-bond donors (Lipinski definition) is 1. The molecule has 0 aliphatic heterocycles. The van der Waals surface area contributed by atoms with Crippen LogP contribution in [0.1, 0.15) is 0 Å². The van der Waals surface area contributed by atoms with Crippen molar-refractivity contribution in [3.63, 3.8) is 0 Å². The van der Waals surface area contributed by atoms with Crippen molar-refractivity contribution in [2.75, 3.05) is 31.8 Å². The van der Waals surface area contributed by atoms with Gasteiger partial charge in [-0.1, -0.05) is 0 Å². The van der Waals surface area contributed by atoms with Crippen molar-refractivity contribution in [2.45, 2.75) is 4.90 Å². The van der Waals surface area contributed by atoms with Crippen LogP contribution in [0.4, 0.5) is 14.5 Å². The fourth-order valence-corrected chi connectivity index (χ4v) is 2.86. The van der Waals surface area contributed by atoms with Crippen LogP contribution >= 0.6 is 11.8 Å². The molecule has 2 amide bonds. The van der Waals surface area contributed by atoms with Crippen LogP contribution in [0.2, 0.25) is 0 Å². The number of nitrogens with one attached hydrogen (secondary N) is 1. The van der Waals surface area contributed by atoms with Crippen LogP contribution in [-0.4, -0.2) is 43.2 Å². The minimum absolute atomic E-state index is 0.0113. The Balaban J connectivity index is 1.81. The molecule has 0 saturated carbocycles. The van der Waals surface area contributed by atoms with E-state index < -0.39 is 11.6 Å². The van der Waals surface area contributed by atoms with Gasteiger partial charge in [-0.3, -0.25) is 9.59 Å². The Morgan fingerprint density at radius 1 is 1.12 bits per heavy atom. The molecule has 1 N–H and O–H groups in total. The van der Waals surface area contributed by atoms with E-state index in [4.69, 9.17) is 4.74 Å². The number of benzene rings is 2. The second-order valence-corrected chi connectivity index (χ2v) is 6.44. The van der Waals surface area contributed by atoms with Gasteiger partial charge < -0.3 is 15.0 Å². The van der Waals surface area contributed by atoms with Crippen LogP contribution in [0.5, 0.6) is 5.75 Å². The summed E-state index contributed by atoms with van der Waals surface area (Å²) in [5, 5.41) is 2.68. The number of carbonyl (C=O) groups excluding carboxylic acids is 2. The lowest BCUT2D eigenvalue weighted by Gasteiger charge is -2.16. The van der Waals surface area contributed by atoms with Crippen molar-refractivity contribution in [3.8, 4) is 5.75 Å². The standard InChI is InChI=1S/C18H18F2N2O3S/c1-22(10-17(23)21-12-3-5-13(25-2)6-4-12)18(24)11-26-14-7-8-15(19)16(20)9-14/h3-9H,10-11H2,1-2H3,(H,21,23). The zero-order chi connectivity index (χ0) is 19.1. The van der Waals surface area contributed by atoms with E-state index in [1.165, 1.54) is 18.0 Å². The number of halogens is 2. The second kappa shape index (κ2) is 9.19. The summed E-state index contributed by atoms with van der Waals surface area (Å²) in [4.78, 5) is 25.8. The molecule has 0 aromatic heterocycles. The summed E-state index contributed by atoms with van der Waals surface area (Å²) in [5.74, 6) is -1.86. The topological polar surface area (TPSA) is 58.6 Å². The van der Waals surface area contributed by atoms with Crippen LogP contribution in [0, 0.1) is 11.6 Å². The number of anilines is 1. The van der Waals surface area contributed by atoms with E-state index in [9.17, 15) is 18.4 Å². The predicted molar refractivity (Wildman–Crippen MR) is 96.3 cm³/mol. The van der Waals surface area contributed by atoms with Gasteiger partial charge in [0.2, 0.25) is 11.8 Å². The average Bonchev–Trinajstić information content (AvgIpc) is 2.62. The largest absolute Gasteiger partial charge is 0.497 e. The summed E-state index contributed by atoms with van der Waals surface area (Å²) in [6.07, 6.45) is 0. The molecule has 0 atom stereocenters. The SMILES string of the molecule is COc1ccc(NC(=O)CN(C)C(=O)CSc2ccc(F)c(F)c2)cc1. The highest BCUT2D eigenvalue weighted by atomic mass is 32.2. The van der Waals surface area contributed by atoms with Crippen LogP contribution in [0.3, 0.4) is 0 Å². The molecule has 2 aromatic rings. The Bertz CT molecular complexity index is 785. The molecular formula is C18H18F2N2O3S. The van der Waals surface area contributed by atoms with Gasteiger partial charge in [-0.15, -0.1) is 11.8 Å². The van der Waals surface area contributed by atoms with E-state index in [-0.39, 0.29) is 24.1 Å². The molecule has 0 spiro atoms. The van der Waals surface area contributed by atoms with Crippen LogP contribution in [0.25, 0.3) is 0 Å². The first-order valence-corrected chi connectivity index (χ1v) is 8.63. The Morgan fingerprint density at radius 3 is 2.42 bits per heavy atom. The first-order valence-electron chi connectivity index (χ1n) is 7.64. The molecule has 0 saturated heterocycles. The maximum atomic E-state index is 13.1. The maximum Gasteiger partial charge on any atom is 0.243 e. The van der Waals surface area contributed by atoms with E-state index >= 15 is 0 Å². The summed E-state index contributed by atoms with van der Waals surface area (Å²) < 4.78 is 31.1. The number of likely N-dealkylation sites (N-methyl/N-ethyl adjacent to an activating group) is 1. The molecule has 138 valence electrons. The monoisotopic (exact) mass is 380 g/mol. The Kier molecular flexibility index (Phi) is 6.97. The quantitative estimate of drug-likeness (QED) is 0.750. The third-order valence-corrected chi connectivity index (χ3v) is 4.41. The third-order valence-electron chi connectivity index (χ3n) is 3.43. The van der Waals surface area contributed by atoms with Crippen molar-refractivity contribution in [3.05, 3.63) is 54.1 Å². The fraction of sp³-hybridized carbons (Fsp3) is 0.222. The Labute approximate surface area is 154 Å². The number of methoxy groups -OCH3 is 1.